The van der Waals surface area contributed by atoms with Gasteiger partial charge in [0.2, 0.25) is 5.89 Å². The number of nitrogens with zero attached hydrogens (tertiary/aromatic N) is 4. The zero-order valence-electron chi connectivity index (χ0n) is 14.5. The Morgan fingerprint density at radius 2 is 2.04 bits per heavy atom. The third-order valence-corrected chi connectivity index (χ3v) is 4.08. The van der Waals surface area contributed by atoms with Gasteiger partial charge in [-0.25, -0.2) is 0 Å². The van der Waals surface area contributed by atoms with E-state index >= 15 is 0 Å². The molecule has 0 aliphatic carbocycles. The van der Waals surface area contributed by atoms with Crippen LogP contribution < -0.4 is 0 Å². The SMILES string of the molecule is CCCCOC(C)C(=O)N1CCN(Cc2noc(CC)n2)CC1. The van der Waals surface area contributed by atoms with Gasteiger partial charge in [0.25, 0.3) is 5.91 Å². The van der Waals surface area contributed by atoms with E-state index in [9.17, 15) is 4.79 Å². The lowest BCUT2D eigenvalue weighted by Crippen LogP contribution is -2.51. The van der Waals surface area contributed by atoms with Crippen molar-refractivity contribution in [1.82, 2.24) is 19.9 Å². The van der Waals surface area contributed by atoms with Crippen LogP contribution in [0.15, 0.2) is 4.52 Å². The molecule has 1 atom stereocenters. The highest BCUT2D eigenvalue weighted by atomic mass is 16.5. The Morgan fingerprint density at radius 3 is 2.65 bits per heavy atom. The van der Waals surface area contributed by atoms with Gasteiger partial charge in [-0.15, -0.1) is 0 Å². The molecule has 1 amide bonds. The molecule has 130 valence electrons. The summed E-state index contributed by atoms with van der Waals surface area (Å²) in [6.45, 7) is 10.4. The maximum Gasteiger partial charge on any atom is 0.251 e. The average molecular weight is 324 g/mol. The van der Waals surface area contributed by atoms with Crippen LogP contribution in [0.4, 0.5) is 0 Å². The summed E-state index contributed by atoms with van der Waals surface area (Å²) in [5.74, 6) is 1.48. The number of piperazine rings is 1. The molecule has 0 aromatic carbocycles. The van der Waals surface area contributed by atoms with Crippen LogP contribution in [0.25, 0.3) is 0 Å². The van der Waals surface area contributed by atoms with E-state index in [1.54, 1.807) is 0 Å². The van der Waals surface area contributed by atoms with Crippen LogP contribution in [0.2, 0.25) is 0 Å². The summed E-state index contributed by atoms with van der Waals surface area (Å²) in [6.07, 6.45) is 2.48. The molecule has 0 N–H and O–H groups in total. The molecule has 1 fully saturated rings. The molecule has 2 rings (SSSR count). The molecule has 0 saturated carbocycles. The summed E-state index contributed by atoms with van der Waals surface area (Å²) < 4.78 is 10.7. The number of rotatable bonds is 8. The average Bonchev–Trinajstić information content (AvgIpc) is 3.02. The lowest BCUT2D eigenvalue weighted by molar-refractivity contribution is -0.144. The van der Waals surface area contributed by atoms with Crippen molar-refractivity contribution >= 4 is 5.91 Å². The number of aromatic nitrogens is 2. The monoisotopic (exact) mass is 324 g/mol. The molecule has 1 aromatic rings. The van der Waals surface area contributed by atoms with Crippen molar-refractivity contribution in [1.29, 1.82) is 0 Å². The fourth-order valence-electron chi connectivity index (χ4n) is 2.56. The molecular formula is C16H28N4O3. The van der Waals surface area contributed by atoms with Crippen molar-refractivity contribution in [3.05, 3.63) is 11.7 Å². The summed E-state index contributed by atoms with van der Waals surface area (Å²) in [4.78, 5) is 20.8. The molecule has 1 saturated heterocycles. The van der Waals surface area contributed by atoms with Gasteiger partial charge in [0.15, 0.2) is 5.82 Å². The van der Waals surface area contributed by atoms with Crippen molar-refractivity contribution in [3.63, 3.8) is 0 Å². The minimum atomic E-state index is -0.350. The fraction of sp³-hybridized carbons (Fsp3) is 0.812. The van der Waals surface area contributed by atoms with Gasteiger partial charge >= 0.3 is 0 Å². The quantitative estimate of drug-likeness (QED) is 0.675. The van der Waals surface area contributed by atoms with Crippen LogP contribution >= 0.6 is 0 Å². The van der Waals surface area contributed by atoms with Crippen LogP contribution in [-0.4, -0.2) is 64.7 Å². The standard InChI is InChI=1S/C16H28N4O3/c1-4-6-11-22-13(3)16(21)20-9-7-19(8-10-20)12-14-17-15(5-2)23-18-14/h13H,4-12H2,1-3H3. The predicted molar refractivity (Wildman–Crippen MR) is 85.9 cm³/mol. The highest BCUT2D eigenvalue weighted by molar-refractivity contribution is 5.80. The summed E-state index contributed by atoms with van der Waals surface area (Å²) in [5.41, 5.74) is 0. The molecule has 0 radical (unpaired) electrons. The first kappa shape index (κ1) is 17.9. The normalized spacial score (nSPS) is 17.4. The van der Waals surface area contributed by atoms with Crippen molar-refractivity contribution in [2.24, 2.45) is 0 Å². The Morgan fingerprint density at radius 1 is 1.30 bits per heavy atom. The smallest absolute Gasteiger partial charge is 0.251 e. The molecule has 2 heterocycles. The first-order valence-corrected chi connectivity index (χ1v) is 8.58. The zero-order valence-corrected chi connectivity index (χ0v) is 14.5. The predicted octanol–water partition coefficient (Wildman–Crippen LogP) is 1.48. The molecule has 1 aliphatic heterocycles. The Kier molecular flexibility index (Phi) is 6.98. The van der Waals surface area contributed by atoms with E-state index in [1.165, 1.54) is 0 Å². The Balaban J connectivity index is 1.73. The molecule has 1 aromatic heterocycles. The highest BCUT2D eigenvalue weighted by Crippen LogP contribution is 2.09. The van der Waals surface area contributed by atoms with Crippen LogP contribution in [0.5, 0.6) is 0 Å². The second-order valence-corrected chi connectivity index (χ2v) is 5.93. The molecular weight excluding hydrogens is 296 g/mol. The third-order valence-electron chi connectivity index (χ3n) is 4.08. The molecule has 0 bridgehead atoms. The van der Waals surface area contributed by atoms with Crippen LogP contribution in [-0.2, 0) is 22.5 Å². The van der Waals surface area contributed by atoms with E-state index in [2.05, 4.69) is 22.0 Å². The van der Waals surface area contributed by atoms with Crippen molar-refractivity contribution in [2.75, 3.05) is 32.8 Å². The second-order valence-electron chi connectivity index (χ2n) is 5.93. The van der Waals surface area contributed by atoms with Crippen molar-refractivity contribution < 1.29 is 14.1 Å². The van der Waals surface area contributed by atoms with Gasteiger partial charge in [0, 0.05) is 39.2 Å². The lowest BCUT2D eigenvalue weighted by atomic mass is 10.2. The fourth-order valence-corrected chi connectivity index (χ4v) is 2.56. The molecule has 7 nitrogen and oxygen atoms in total. The number of unbranched alkanes of at least 4 members (excludes halogenated alkanes) is 1. The van der Waals surface area contributed by atoms with Crippen LogP contribution in [0.3, 0.4) is 0 Å². The molecule has 23 heavy (non-hydrogen) atoms. The van der Waals surface area contributed by atoms with Gasteiger partial charge in [-0.05, 0) is 13.3 Å². The third kappa shape index (κ3) is 5.28. The summed E-state index contributed by atoms with van der Waals surface area (Å²) in [6, 6.07) is 0. The van der Waals surface area contributed by atoms with E-state index in [0.29, 0.717) is 19.0 Å². The van der Waals surface area contributed by atoms with Crippen LogP contribution in [0, 0.1) is 0 Å². The lowest BCUT2D eigenvalue weighted by Gasteiger charge is -2.35. The van der Waals surface area contributed by atoms with Gasteiger partial charge in [0.1, 0.15) is 6.10 Å². The summed E-state index contributed by atoms with van der Waals surface area (Å²) >= 11 is 0. The van der Waals surface area contributed by atoms with E-state index in [-0.39, 0.29) is 12.0 Å². The minimum Gasteiger partial charge on any atom is -0.369 e. The molecule has 1 aliphatic rings. The number of carbonyl (C=O) groups excluding carboxylic acids is 1. The Labute approximate surface area is 138 Å². The first-order valence-electron chi connectivity index (χ1n) is 8.58. The van der Waals surface area contributed by atoms with Gasteiger partial charge in [-0.3, -0.25) is 9.69 Å². The van der Waals surface area contributed by atoms with Gasteiger partial charge in [0.05, 0.1) is 6.54 Å². The number of aryl methyl sites for hydroxylation is 1. The number of hydrogen-bond acceptors (Lipinski definition) is 6. The molecule has 0 spiro atoms. The van der Waals surface area contributed by atoms with E-state index in [0.717, 1.165) is 51.3 Å². The Hall–Kier alpha value is -1.47. The van der Waals surface area contributed by atoms with E-state index in [4.69, 9.17) is 9.26 Å². The Bertz CT molecular complexity index is 483. The zero-order chi connectivity index (χ0) is 16.7. The van der Waals surface area contributed by atoms with E-state index in [1.807, 2.05) is 18.7 Å². The molecule has 1 unspecified atom stereocenters. The number of hydrogen-bond donors (Lipinski definition) is 0. The first-order chi connectivity index (χ1) is 11.1. The van der Waals surface area contributed by atoms with E-state index < -0.39 is 0 Å². The largest absolute Gasteiger partial charge is 0.369 e. The van der Waals surface area contributed by atoms with Gasteiger partial charge < -0.3 is 14.2 Å². The summed E-state index contributed by atoms with van der Waals surface area (Å²) in [5, 5.41) is 3.98. The molecule has 7 heteroatoms. The van der Waals surface area contributed by atoms with Crippen molar-refractivity contribution in [3.8, 4) is 0 Å². The minimum absolute atomic E-state index is 0.0913. The number of carbonyl (C=O) groups is 1. The topological polar surface area (TPSA) is 71.7 Å². The highest BCUT2D eigenvalue weighted by Gasteiger charge is 2.25. The maximum atomic E-state index is 12.3. The van der Waals surface area contributed by atoms with Crippen LogP contribution in [0.1, 0.15) is 45.3 Å². The van der Waals surface area contributed by atoms with Crippen molar-refractivity contribution in [2.45, 2.75) is 52.7 Å². The van der Waals surface area contributed by atoms with Gasteiger partial charge in [-0.2, -0.15) is 4.98 Å². The second kappa shape index (κ2) is 8.98. The maximum absolute atomic E-state index is 12.3. The number of amides is 1. The number of ether oxygens (including phenoxy) is 1. The summed E-state index contributed by atoms with van der Waals surface area (Å²) in [7, 11) is 0. The van der Waals surface area contributed by atoms with Gasteiger partial charge in [-0.1, -0.05) is 25.4 Å².